The van der Waals surface area contributed by atoms with E-state index in [1.807, 2.05) is 11.8 Å². The maximum atomic E-state index is 3.68. The van der Waals surface area contributed by atoms with Crippen LogP contribution in [0.3, 0.4) is 0 Å². The first-order chi connectivity index (χ1) is 8.60. The van der Waals surface area contributed by atoms with Gasteiger partial charge in [0.25, 0.3) is 0 Å². The van der Waals surface area contributed by atoms with Crippen LogP contribution in [-0.4, -0.2) is 32.1 Å². The van der Waals surface area contributed by atoms with Gasteiger partial charge in [-0.2, -0.15) is 11.8 Å². The molecule has 1 N–H and O–H groups in total. The summed E-state index contributed by atoms with van der Waals surface area (Å²) in [5, 5.41) is 3.44. The van der Waals surface area contributed by atoms with Crippen LogP contribution < -0.4 is 10.2 Å². The lowest BCUT2D eigenvalue weighted by atomic mass is 10.1. The standard InChI is InChI=1S/C14H23BrN2S/c1-5-16-11(2)13-7-6-12(10-14(13)15)17(3)8-9-18-4/h6-7,10-11,16H,5,8-9H2,1-4H3. The van der Waals surface area contributed by atoms with Crippen LogP contribution in [0, 0.1) is 0 Å². The Bertz CT molecular complexity index is 371. The Labute approximate surface area is 124 Å². The number of nitrogens with one attached hydrogen (secondary N) is 1. The van der Waals surface area contributed by atoms with Gasteiger partial charge in [-0.1, -0.05) is 28.9 Å². The maximum Gasteiger partial charge on any atom is 0.0375 e. The summed E-state index contributed by atoms with van der Waals surface area (Å²) >= 11 is 5.56. The number of halogens is 1. The third-order valence-electron chi connectivity index (χ3n) is 3.03. The van der Waals surface area contributed by atoms with E-state index in [0.29, 0.717) is 6.04 Å². The quantitative estimate of drug-likeness (QED) is 0.815. The smallest absolute Gasteiger partial charge is 0.0375 e. The third-order valence-corrected chi connectivity index (χ3v) is 4.31. The molecule has 1 unspecified atom stereocenters. The fourth-order valence-electron chi connectivity index (χ4n) is 1.88. The summed E-state index contributed by atoms with van der Waals surface area (Å²) in [6, 6.07) is 7.01. The molecule has 0 saturated heterocycles. The molecule has 0 bridgehead atoms. The lowest BCUT2D eigenvalue weighted by molar-refractivity contribution is 0.596. The zero-order valence-corrected chi connectivity index (χ0v) is 14.1. The lowest BCUT2D eigenvalue weighted by Gasteiger charge is -2.21. The first-order valence-corrected chi connectivity index (χ1v) is 8.51. The van der Waals surface area contributed by atoms with E-state index >= 15 is 0 Å². The van der Waals surface area contributed by atoms with Gasteiger partial charge in [0.05, 0.1) is 0 Å². The molecule has 1 aromatic carbocycles. The molecular formula is C14H23BrN2S. The van der Waals surface area contributed by atoms with E-state index in [1.165, 1.54) is 15.7 Å². The van der Waals surface area contributed by atoms with Crippen molar-refractivity contribution in [2.75, 3.05) is 37.0 Å². The average Bonchev–Trinajstić information content (AvgIpc) is 2.35. The number of thioether (sulfide) groups is 1. The molecule has 0 amide bonds. The molecule has 1 atom stereocenters. The van der Waals surface area contributed by atoms with E-state index < -0.39 is 0 Å². The van der Waals surface area contributed by atoms with Gasteiger partial charge in [-0.3, -0.25) is 0 Å². The van der Waals surface area contributed by atoms with Crippen LogP contribution >= 0.6 is 27.7 Å². The normalized spacial score (nSPS) is 12.5. The highest BCUT2D eigenvalue weighted by molar-refractivity contribution is 9.10. The summed E-state index contributed by atoms with van der Waals surface area (Å²) in [5.74, 6) is 1.16. The number of anilines is 1. The molecule has 1 rings (SSSR count). The van der Waals surface area contributed by atoms with Crippen molar-refractivity contribution < 1.29 is 0 Å². The van der Waals surface area contributed by atoms with Crippen molar-refractivity contribution in [2.45, 2.75) is 19.9 Å². The molecule has 0 fully saturated rings. The van der Waals surface area contributed by atoms with Gasteiger partial charge in [0, 0.05) is 35.5 Å². The van der Waals surface area contributed by atoms with E-state index in [2.05, 4.69) is 71.5 Å². The Morgan fingerprint density at radius 3 is 2.72 bits per heavy atom. The summed E-state index contributed by atoms with van der Waals surface area (Å²) in [5.41, 5.74) is 2.59. The van der Waals surface area contributed by atoms with Crippen molar-refractivity contribution in [1.29, 1.82) is 0 Å². The number of rotatable bonds is 7. The predicted octanol–water partition coefficient (Wildman–Crippen LogP) is 3.92. The van der Waals surface area contributed by atoms with Crippen molar-refractivity contribution in [3.8, 4) is 0 Å². The molecule has 102 valence electrons. The summed E-state index contributed by atoms with van der Waals surface area (Å²) < 4.78 is 1.18. The number of hydrogen-bond donors (Lipinski definition) is 1. The fourth-order valence-corrected chi connectivity index (χ4v) is 3.04. The van der Waals surface area contributed by atoms with Gasteiger partial charge < -0.3 is 10.2 Å². The van der Waals surface area contributed by atoms with Crippen LogP contribution in [0.4, 0.5) is 5.69 Å². The van der Waals surface area contributed by atoms with Crippen LogP contribution in [0.15, 0.2) is 22.7 Å². The van der Waals surface area contributed by atoms with Crippen molar-refractivity contribution in [3.05, 3.63) is 28.2 Å². The molecule has 0 aromatic heterocycles. The summed E-state index contributed by atoms with van der Waals surface area (Å²) in [6.07, 6.45) is 2.14. The summed E-state index contributed by atoms with van der Waals surface area (Å²) in [7, 11) is 2.14. The van der Waals surface area contributed by atoms with Crippen molar-refractivity contribution in [3.63, 3.8) is 0 Å². The Balaban J connectivity index is 2.78. The lowest BCUT2D eigenvalue weighted by Crippen LogP contribution is -2.21. The molecule has 0 heterocycles. The minimum absolute atomic E-state index is 0.384. The van der Waals surface area contributed by atoms with Crippen molar-refractivity contribution >= 4 is 33.4 Å². The van der Waals surface area contributed by atoms with Gasteiger partial charge in [0.15, 0.2) is 0 Å². The average molecular weight is 331 g/mol. The minimum Gasteiger partial charge on any atom is -0.374 e. The van der Waals surface area contributed by atoms with Crippen molar-refractivity contribution in [2.24, 2.45) is 0 Å². The second-order valence-corrected chi connectivity index (χ2v) is 6.24. The van der Waals surface area contributed by atoms with E-state index in [-0.39, 0.29) is 0 Å². The minimum atomic E-state index is 0.384. The van der Waals surface area contributed by atoms with E-state index in [1.54, 1.807) is 0 Å². The first-order valence-electron chi connectivity index (χ1n) is 6.33. The first kappa shape index (κ1) is 15.9. The third kappa shape index (κ3) is 4.48. The zero-order chi connectivity index (χ0) is 13.5. The molecule has 1 aromatic rings. The molecule has 0 aliphatic rings. The second-order valence-electron chi connectivity index (χ2n) is 4.40. The Morgan fingerprint density at radius 1 is 1.44 bits per heavy atom. The van der Waals surface area contributed by atoms with Crippen LogP contribution in [-0.2, 0) is 0 Å². The predicted molar refractivity (Wildman–Crippen MR) is 87.9 cm³/mol. The molecule has 0 spiro atoms. The maximum absolute atomic E-state index is 3.68. The van der Waals surface area contributed by atoms with E-state index in [9.17, 15) is 0 Å². The van der Waals surface area contributed by atoms with Gasteiger partial charge in [0.1, 0.15) is 0 Å². The highest BCUT2D eigenvalue weighted by Crippen LogP contribution is 2.28. The van der Waals surface area contributed by atoms with Gasteiger partial charge >= 0.3 is 0 Å². The molecular weight excluding hydrogens is 308 g/mol. The topological polar surface area (TPSA) is 15.3 Å². The highest BCUT2D eigenvalue weighted by atomic mass is 79.9. The zero-order valence-electron chi connectivity index (χ0n) is 11.7. The molecule has 0 aliphatic carbocycles. The molecule has 0 radical (unpaired) electrons. The Hall–Kier alpha value is -0.190. The fraction of sp³-hybridized carbons (Fsp3) is 0.571. The number of nitrogens with zero attached hydrogens (tertiary/aromatic N) is 1. The van der Waals surface area contributed by atoms with Crippen LogP contribution in [0.2, 0.25) is 0 Å². The SMILES string of the molecule is CCNC(C)c1ccc(N(C)CCSC)cc1Br. The largest absolute Gasteiger partial charge is 0.374 e. The number of benzene rings is 1. The van der Waals surface area contributed by atoms with Gasteiger partial charge in [-0.15, -0.1) is 0 Å². The molecule has 2 nitrogen and oxygen atoms in total. The number of hydrogen-bond acceptors (Lipinski definition) is 3. The van der Waals surface area contributed by atoms with Gasteiger partial charge in [0.2, 0.25) is 0 Å². The van der Waals surface area contributed by atoms with E-state index in [4.69, 9.17) is 0 Å². The van der Waals surface area contributed by atoms with Crippen LogP contribution in [0.1, 0.15) is 25.5 Å². The highest BCUT2D eigenvalue weighted by Gasteiger charge is 2.10. The van der Waals surface area contributed by atoms with Crippen LogP contribution in [0.25, 0.3) is 0 Å². The Kier molecular flexibility index (Phi) is 7.12. The van der Waals surface area contributed by atoms with Crippen molar-refractivity contribution in [1.82, 2.24) is 5.32 Å². The van der Waals surface area contributed by atoms with Crippen LogP contribution in [0.5, 0.6) is 0 Å². The molecule has 0 saturated carbocycles. The molecule has 0 aliphatic heterocycles. The van der Waals surface area contributed by atoms with Gasteiger partial charge in [-0.05, 0) is 37.4 Å². The van der Waals surface area contributed by atoms with E-state index in [0.717, 1.165) is 18.8 Å². The monoisotopic (exact) mass is 330 g/mol. The molecule has 4 heteroatoms. The summed E-state index contributed by atoms with van der Waals surface area (Å²) in [4.78, 5) is 2.29. The summed E-state index contributed by atoms with van der Waals surface area (Å²) in [6.45, 7) is 6.40. The Morgan fingerprint density at radius 2 is 2.17 bits per heavy atom. The molecule has 18 heavy (non-hydrogen) atoms. The second kappa shape index (κ2) is 8.08. The van der Waals surface area contributed by atoms with Gasteiger partial charge in [-0.25, -0.2) is 0 Å².